The van der Waals surface area contributed by atoms with E-state index >= 15 is 0 Å². The Morgan fingerprint density at radius 2 is 1.72 bits per heavy atom. The Bertz CT molecular complexity index is 979. The first kappa shape index (κ1) is 27.8. The molecule has 0 fully saturated rings. The molecule has 6 nitrogen and oxygen atoms in total. The summed E-state index contributed by atoms with van der Waals surface area (Å²) in [6, 6.07) is 14.0. The summed E-state index contributed by atoms with van der Waals surface area (Å²) in [5, 5.41) is 9.42. The molecule has 1 heterocycles. The van der Waals surface area contributed by atoms with Crippen molar-refractivity contribution in [3.63, 3.8) is 0 Å². The van der Waals surface area contributed by atoms with Crippen LogP contribution >= 0.6 is 0 Å². The van der Waals surface area contributed by atoms with Crippen LogP contribution in [0.4, 0.5) is 0 Å². The third-order valence-electron chi connectivity index (χ3n) is 6.79. The summed E-state index contributed by atoms with van der Waals surface area (Å²) in [5.74, 6) is 0. The van der Waals surface area contributed by atoms with Gasteiger partial charge in [-0.3, -0.25) is 9.89 Å². The summed E-state index contributed by atoms with van der Waals surface area (Å²) in [4.78, 5) is 11.1. The van der Waals surface area contributed by atoms with Crippen molar-refractivity contribution in [2.24, 2.45) is 4.99 Å². The van der Waals surface area contributed by atoms with E-state index in [-0.39, 0.29) is 0 Å². The number of hydrogen-bond donors (Lipinski definition) is 2. The van der Waals surface area contributed by atoms with E-state index in [4.69, 9.17) is 0 Å². The van der Waals surface area contributed by atoms with Gasteiger partial charge in [0.05, 0.1) is 0 Å². The van der Waals surface area contributed by atoms with Crippen molar-refractivity contribution in [3.05, 3.63) is 72.3 Å². The molecule has 0 bridgehead atoms. The molecule has 2 aromatic carbocycles. The third kappa shape index (κ3) is 8.99. The van der Waals surface area contributed by atoms with Crippen molar-refractivity contribution < 1.29 is 0 Å². The lowest BCUT2D eigenvalue weighted by molar-refractivity contribution is 0.189. The first-order chi connectivity index (χ1) is 17.6. The molecular weight excluding hydrogens is 444 g/mol. The van der Waals surface area contributed by atoms with Gasteiger partial charge in [0.2, 0.25) is 0 Å². The number of benzene rings is 2. The lowest BCUT2D eigenvalue weighted by atomic mass is 10.0. The van der Waals surface area contributed by atoms with Crippen molar-refractivity contribution in [2.45, 2.75) is 52.2 Å². The summed E-state index contributed by atoms with van der Waals surface area (Å²) < 4.78 is 0. The molecule has 0 saturated heterocycles. The molecule has 2 N–H and O–H groups in total. The maximum Gasteiger partial charge on any atom is 0.111 e. The Morgan fingerprint density at radius 1 is 1.00 bits per heavy atom. The van der Waals surface area contributed by atoms with E-state index < -0.39 is 0 Å². The molecule has 1 aliphatic heterocycles. The van der Waals surface area contributed by atoms with Gasteiger partial charge in [0, 0.05) is 58.0 Å². The second kappa shape index (κ2) is 15.3. The van der Waals surface area contributed by atoms with Crippen molar-refractivity contribution in [1.29, 1.82) is 0 Å². The molecule has 2 aromatic rings. The molecule has 3 rings (SSSR count). The first-order valence-corrected chi connectivity index (χ1v) is 13.6. The van der Waals surface area contributed by atoms with E-state index in [2.05, 4.69) is 101 Å². The van der Waals surface area contributed by atoms with E-state index in [9.17, 15) is 0 Å². The standard InChI is InChI=1S/C30H46N6/c1-5-17-35(18-6-2)19-7-8-26-9-11-29-23-27(10-12-28(29)22-26)24-36(21-15-32-14-13-31-3)25-30-33-16-20-34(30)4/h9-14,16,20,22-23,30,32-33H,3,5-8,15,17-19,21,24-25H2,1-2,4H3/b14-13-. The van der Waals surface area contributed by atoms with Gasteiger partial charge in [0.15, 0.2) is 0 Å². The minimum Gasteiger partial charge on any atom is -0.388 e. The zero-order chi connectivity index (χ0) is 25.6. The number of nitrogens with zero attached hydrogens (tertiary/aromatic N) is 4. The number of nitrogens with one attached hydrogen (secondary N) is 2. The summed E-state index contributed by atoms with van der Waals surface area (Å²) in [5.41, 5.74) is 2.79. The molecular formula is C30H46N6. The SMILES string of the molecule is C=N/C=C\NCCN(Cc1ccc2cc(CCCN(CCC)CCC)ccc2c1)CC1NC=CN1C. The monoisotopic (exact) mass is 490 g/mol. The predicted octanol–water partition coefficient (Wildman–Crippen LogP) is 4.79. The fraction of sp³-hybridized carbons (Fsp3) is 0.500. The zero-order valence-corrected chi connectivity index (χ0v) is 22.6. The first-order valence-electron chi connectivity index (χ1n) is 13.6. The average Bonchev–Trinajstić information content (AvgIpc) is 3.28. The highest BCUT2D eigenvalue weighted by molar-refractivity contribution is 5.83. The Balaban J connectivity index is 1.60. The van der Waals surface area contributed by atoms with Gasteiger partial charge < -0.3 is 20.4 Å². The van der Waals surface area contributed by atoms with E-state index in [1.165, 1.54) is 60.8 Å². The van der Waals surface area contributed by atoms with Gasteiger partial charge in [-0.15, -0.1) is 0 Å². The minimum absolute atomic E-state index is 0.295. The number of rotatable bonds is 17. The molecule has 1 unspecified atom stereocenters. The molecule has 1 aliphatic rings. The molecule has 0 radical (unpaired) electrons. The third-order valence-corrected chi connectivity index (χ3v) is 6.79. The van der Waals surface area contributed by atoms with Crippen LogP contribution in [0.2, 0.25) is 0 Å². The molecule has 0 saturated carbocycles. The van der Waals surface area contributed by atoms with Crippen molar-refractivity contribution in [2.75, 3.05) is 46.3 Å². The highest BCUT2D eigenvalue weighted by Crippen LogP contribution is 2.20. The molecule has 36 heavy (non-hydrogen) atoms. The smallest absolute Gasteiger partial charge is 0.111 e. The van der Waals surface area contributed by atoms with Crippen molar-refractivity contribution in [1.82, 2.24) is 25.3 Å². The summed E-state index contributed by atoms with van der Waals surface area (Å²) in [6.07, 6.45) is 12.8. The second-order valence-electron chi connectivity index (χ2n) is 9.81. The van der Waals surface area contributed by atoms with E-state index in [0.717, 1.165) is 32.6 Å². The van der Waals surface area contributed by atoms with Gasteiger partial charge in [-0.05, 0) is 80.0 Å². The van der Waals surface area contributed by atoms with Crippen molar-refractivity contribution >= 4 is 17.5 Å². The quantitative estimate of drug-likeness (QED) is 0.247. The number of aryl methyl sites for hydroxylation is 1. The van der Waals surface area contributed by atoms with Gasteiger partial charge >= 0.3 is 0 Å². The summed E-state index contributed by atoms with van der Waals surface area (Å²) in [6.45, 7) is 15.3. The van der Waals surface area contributed by atoms with Crippen LogP contribution < -0.4 is 10.6 Å². The van der Waals surface area contributed by atoms with Gasteiger partial charge in [-0.25, -0.2) is 0 Å². The molecule has 6 heteroatoms. The normalized spacial score (nSPS) is 15.5. The minimum atomic E-state index is 0.295. The Hall–Kier alpha value is -2.83. The second-order valence-corrected chi connectivity index (χ2v) is 9.81. The molecule has 196 valence electrons. The largest absolute Gasteiger partial charge is 0.388 e. The maximum absolute atomic E-state index is 3.75. The molecule has 1 atom stereocenters. The molecule has 0 spiro atoms. The lowest BCUT2D eigenvalue weighted by Crippen LogP contribution is -2.45. The summed E-state index contributed by atoms with van der Waals surface area (Å²) in [7, 11) is 2.12. The van der Waals surface area contributed by atoms with Crippen LogP contribution in [-0.4, -0.2) is 73.9 Å². The Kier molecular flexibility index (Phi) is 11.8. The topological polar surface area (TPSA) is 46.1 Å². The lowest BCUT2D eigenvalue weighted by Gasteiger charge is -2.29. The Morgan fingerprint density at radius 3 is 2.39 bits per heavy atom. The van der Waals surface area contributed by atoms with Crippen LogP contribution in [0.25, 0.3) is 10.8 Å². The molecule has 0 aliphatic carbocycles. The number of hydrogen-bond acceptors (Lipinski definition) is 6. The van der Waals surface area contributed by atoms with Crippen LogP contribution in [0.5, 0.6) is 0 Å². The molecule has 0 amide bonds. The number of likely N-dealkylation sites (N-methyl/N-ethyl adjacent to an activating group) is 1. The fourth-order valence-corrected chi connectivity index (χ4v) is 4.90. The van der Waals surface area contributed by atoms with Crippen LogP contribution in [0, 0.1) is 0 Å². The van der Waals surface area contributed by atoms with Crippen LogP contribution in [0.15, 0.2) is 66.2 Å². The van der Waals surface area contributed by atoms with E-state index in [1.807, 2.05) is 12.4 Å². The average molecular weight is 491 g/mol. The number of fused-ring (bicyclic) bond motifs is 1. The number of aliphatic imine (C=N–C) groups is 1. The van der Waals surface area contributed by atoms with E-state index in [0.29, 0.717) is 6.17 Å². The van der Waals surface area contributed by atoms with Crippen LogP contribution in [-0.2, 0) is 13.0 Å². The van der Waals surface area contributed by atoms with Crippen LogP contribution in [0.3, 0.4) is 0 Å². The van der Waals surface area contributed by atoms with E-state index in [1.54, 1.807) is 6.20 Å². The molecule has 0 aromatic heterocycles. The highest BCUT2D eigenvalue weighted by Gasteiger charge is 2.19. The van der Waals surface area contributed by atoms with Crippen molar-refractivity contribution in [3.8, 4) is 0 Å². The van der Waals surface area contributed by atoms with Crippen LogP contribution in [0.1, 0.15) is 44.2 Å². The van der Waals surface area contributed by atoms with Gasteiger partial charge in [0.25, 0.3) is 0 Å². The maximum atomic E-state index is 3.75. The van der Waals surface area contributed by atoms with Gasteiger partial charge in [0.1, 0.15) is 6.17 Å². The Labute approximate surface area is 218 Å². The summed E-state index contributed by atoms with van der Waals surface area (Å²) >= 11 is 0. The fourth-order valence-electron chi connectivity index (χ4n) is 4.90. The van der Waals surface area contributed by atoms with Gasteiger partial charge in [-0.1, -0.05) is 44.2 Å². The highest BCUT2D eigenvalue weighted by atomic mass is 15.3. The zero-order valence-electron chi connectivity index (χ0n) is 22.6. The van der Waals surface area contributed by atoms with Gasteiger partial charge in [-0.2, -0.15) is 0 Å². The predicted molar refractivity (Wildman–Crippen MR) is 155 cm³/mol.